The number of nitrogens with zero attached hydrogens (tertiary/aromatic N) is 3. The van der Waals surface area contributed by atoms with Gasteiger partial charge in [-0.15, -0.1) is 0 Å². The Morgan fingerprint density at radius 1 is 1.09 bits per heavy atom. The van der Waals surface area contributed by atoms with E-state index >= 15 is 0 Å². The zero-order valence-corrected chi connectivity index (χ0v) is 18.9. The van der Waals surface area contributed by atoms with E-state index in [1.54, 1.807) is 23.8 Å². The molecule has 0 radical (unpaired) electrons. The fraction of sp³-hybridized carbons (Fsp3) is 0.231. The van der Waals surface area contributed by atoms with Gasteiger partial charge in [0.1, 0.15) is 5.75 Å². The standard InChI is InChI=1S/C26H23N3O2S/c1-17-7-10-19(11-8-17)28-15-29-24(30)13-21(22(14-27)26(29)32-16-28)25-20-6-4-3-5-18(20)9-12-23(25)31-2/h3-12,21H,13,15-16H2,1-2H3/t21-/m1/s1. The summed E-state index contributed by atoms with van der Waals surface area (Å²) in [6.45, 7) is 2.51. The molecule has 160 valence electrons. The van der Waals surface area contributed by atoms with Crippen molar-refractivity contribution in [3.63, 3.8) is 0 Å². The average molecular weight is 442 g/mol. The van der Waals surface area contributed by atoms with Crippen molar-refractivity contribution in [3.05, 3.63) is 82.4 Å². The van der Waals surface area contributed by atoms with E-state index < -0.39 is 0 Å². The number of rotatable bonds is 3. The molecule has 0 saturated carbocycles. The van der Waals surface area contributed by atoms with E-state index in [-0.39, 0.29) is 18.2 Å². The summed E-state index contributed by atoms with van der Waals surface area (Å²) in [6, 6.07) is 22.8. The third-order valence-electron chi connectivity index (χ3n) is 6.19. The number of amides is 1. The van der Waals surface area contributed by atoms with Crippen LogP contribution in [0.1, 0.15) is 23.5 Å². The molecule has 2 heterocycles. The van der Waals surface area contributed by atoms with Gasteiger partial charge in [0, 0.05) is 23.6 Å². The van der Waals surface area contributed by atoms with Crippen molar-refractivity contribution >= 4 is 34.1 Å². The highest BCUT2D eigenvalue weighted by Crippen LogP contribution is 2.47. The molecule has 5 rings (SSSR count). The molecule has 1 amide bonds. The first-order chi connectivity index (χ1) is 15.6. The lowest BCUT2D eigenvalue weighted by Gasteiger charge is -2.42. The van der Waals surface area contributed by atoms with Gasteiger partial charge in [-0.25, -0.2) is 0 Å². The van der Waals surface area contributed by atoms with Crippen LogP contribution >= 0.6 is 11.8 Å². The zero-order chi connectivity index (χ0) is 22.2. The molecule has 2 aliphatic heterocycles. The molecule has 0 aliphatic carbocycles. The molecule has 1 fully saturated rings. The summed E-state index contributed by atoms with van der Waals surface area (Å²) in [5.74, 6) is 1.11. The lowest BCUT2D eigenvalue weighted by Crippen LogP contribution is -2.47. The van der Waals surface area contributed by atoms with E-state index in [4.69, 9.17) is 4.74 Å². The highest BCUT2D eigenvalue weighted by atomic mass is 32.2. The van der Waals surface area contributed by atoms with Gasteiger partial charge in [-0.2, -0.15) is 5.26 Å². The molecule has 32 heavy (non-hydrogen) atoms. The van der Waals surface area contributed by atoms with Gasteiger partial charge in [0.25, 0.3) is 0 Å². The highest BCUT2D eigenvalue weighted by molar-refractivity contribution is 8.03. The number of aryl methyl sites for hydroxylation is 1. The second-order valence-corrected chi connectivity index (χ2v) is 9.04. The minimum atomic E-state index is -0.321. The van der Waals surface area contributed by atoms with E-state index in [1.165, 1.54) is 5.56 Å². The van der Waals surface area contributed by atoms with Gasteiger partial charge in [0.15, 0.2) is 0 Å². The van der Waals surface area contributed by atoms with Crippen molar-refractivity contribution in [1.29, 1.82) is 5.26 Å². The summed E-state index contributed by atoms with van der Waals surface area (Å²) in [4.78, 5) is 17.3. The van der Waals surface area contributed by atoms with Crippen molar-refractivity contribution in [2.45, 2.75) is 19.3 Å². The Morgan fingerprint density at radius 3 is 2.62 bits per heavy atom. The van der Waals surface area contributed by atoms with Crippen molar-refractivity contribution < 1.29 is 9.53 Å². The number of thioether (sulfide) groups is 1. The van der Waals surface area contributed by atoms with E-state index in [9.17, 15) is 10.1 Å². The molecule has 6 heteroatoms. The summed E-state index contributed by atoms with van der Waals surface area (Å²) >= 11 is 1.56. The second kappa shape index (κ2) is 8.25. The Balaban J connectivity index is 1.57. The lowest BCUT2D eigenvalue weighted by atomic mass is 9.83. The number of anilines is 1. The largest absolute Gasteiger partial charge is 0.496 e. The Morgan fingerprint density at radius 2 is 1.88 bits per heavy atom. The average Bonchev–Trinajstić information content (AvgIpc) is 2.83. The number of carbonyl (C=O) groups excluding carboxylic acids is 1. The molecule has 0 bridgehead atoms. The molecule has 1 saturated heterocycles. The van der Waals surface area contributed by atoms with Gasteiger partial charge in [-0.05, 0) is 35.9 Å². The minimum Gasteiger partial charge on any atom is -0.496 e. The van der Waals surface area contributed by atoms with Crippen molar-refractivity contribution in [2.75, 3.05) is 24.6 Å². The number of nitriles is 1. The molecular weight excluding hydrogens is 418 g/mol. The SMILES string of the molecule is COc1ccc2ccccc2c1[C@@H]1CC(=O)N2CN(c3ccc(C)cc3)CSC2=C1C#N. The summed E-state index contributed by atoms with van der Waals surface area (Å²) in [5, 5.41) is 13.0. The van der Waals surface area contributed by atoms with Gasteiger partial charge in [0.05, 0.1) is 36.3 Å². The quantitative estimate of drug-likeness (QED) is 0.546. The van der Waals surface area contributed by atoms with Gasteiger partial charge in [-0.3, -0.25) is 9.69 Å². The predicted molar refractivity (Wildman–Crippen MR) is 128 cm³/mol. The molecule has 3 aromatic carbocycles. The van der Waals surface area contributed by atoms with Crippen LogP contribution in [-0.2, 0) is 4.79 Å². The van der Waals surface area contributed by atoms with Crippen LogP contribution in [0.15, 0.2) is 71.3 Å². The zero-order valence-electron chi connectivity index (χ0n) is 18.0. The predicted octanol–water partition coefficient (Wildman–Crippen LogP) is 5.38. The Hall–Kier alpha value is -3.43. The first-order valence-corrected chi connectivity index (χ1v) is 11.5. The molecule has 2 aliphatic rings. The number of allylic oxidation sites excluding steroid dienone is 1. The first kappa shape index (κ1) is 20.5. The van der Waals surface area contributed by atoms with Crippen molar-refractivity contribution in [2.24, 2.45) is 0 Å². The molecule has 5 nitrogen and oxygen atoms in total. The van der Waals surface area contributed by atoms with Crippen LogP contribution in [0.25, 0.3) is 10.8 Å². The lowest BCUT2D eigenvalue weighted by molar-refractivity contribution is -0.129. The molecule has 0 N–H and O–H groups in total. The molecule has 0 spiro atoms. The number of ether oxygens (including phenoxy) is 1. The summed E-state index contributed by atoms with van der Waals surface area (Å²) in [6.07, 6.45) is 0.249. The van der Waals surface area contributed by atoms with Gasteiger partial charge < -0.3 is 9.64 Å². The smallest absolute Gasteiger partial charge is 0.229 e. The Bertz CT molecular complexity index is 1280. The number of benzene rings is 3. The van der Waals surface area contributed by atoms with E-state index in [0.717, 1.165) is 27.1 Å². The van der Waals surface area contributed by atoms with E-state index in [0.29, 0.717) is 23.9 Å². The molecule has 3 aromatic rings. The maximum absolute atomic E-state index is 13.3. The van der Waals surface area contributed by atoms with Crippen LogP contribution < -0.4 is 9.64 Å². The highest BCUT2D eigenvalue weighted by Gasteiger charge is 2.39. The minimum absolute atomic E-state index is 0.0308. The summed E-state index contributed by atoms with van der Waals surface area (Å²) < 4.78 is 5.68. The van der Waals surface area contributed by atoms with E-state index in [1.807, 2.05) is 36.4 Å². The van der Waals surface area contributed by atoms with Crippen molar-refractivity contribution in [3.8, 4) is 11.8 Å². The fourth-order valence-corrected chi connectivity index (χ4v) is 5.71. The first-order valence-electron chi connectivity index (χ1n) is 10.6. The molecule has 1 atom stereocenters. The molecule has 0 unspecified atom stereocenters. The normalized spacial score (nSPS) is 18.5. The second-order valence-electron chi connectivity index (χ2n) is 8.10. The summed E-state index contributed by atoms with van der Waals surface area (Å²) in [7, 11) is 1.64. The number of carbonyl (C=O) groups is 1. The summed E-state index contributed by atoms with van der Waals surface area (Å²) in [5.41, 5.74) is 3.84. The van der Waals surface area contributed by atoms with Crippen LogP contribution in [-0.4, -0.2) is 30.5 Å². The van der Waals surface area contributed by atoms with Crippen molar-refractivity contribution in [1.82, 2.24) is 4.90 Å². The van der Waals surface area contributed by atoms with Crippen LogP contribution in [0.3, 0.4) is 0 Å². The third-order valence-corrected chi connectivity index (χ3v) is 7.35. The maximum Gasteiger partial charge on any atom is 0.229 e. The number of methoxy groups -OCH3 is 1. The number of hydrogen-bond donors (Lipinski definition) is 0. The third kappa shape index (κ3) is 3.39. The van der Waals surface area contributed by atoms with Crippen LogP contribution in [0.4, 0.5) is 5.69 Å². The number of fused-ring (bicyclic) bond motifs is 2. The van der Waals surface area contributed by atoms with Gasteiger partial charge >= 0.3 is 0 Å². The van der Waals surface area contributed by atoms with Crippen LogP contribution in [0, 0.1) is 18.3 Å². The topological polar surface area (TPSA) is 56.6 Å². The van der Waals surface area contributed by atoms with Gasteiger partial charge in [-0.1, -0.05) is 59.8 Å². The van der Waals surface area contributed by atoms with Crippen LogP contribution in [0.5, 0.6) is 5.75 Å². The fourth-order valence-electron chi connectivity index (χ4n) is 4.54. The van der Waals surface area contributed by atoms with E-state index in [2.05, 4.69) is 42.2 Å². The van der Waals surface area contributed by atoms with Crippen LogP contribution in [0.2, 0.25) is 0 Å². The van der Waals surface area contributed by atoms with Gasteiger partial charge in [0.2, 0.25) is 5.91 Å². The number of hydrogen-bond acceptors (Lipinski definition) is 5. The maximum atomic E-state index is 13.3. The molecular formula is C26H23N3O2S. The monoisotopic (exact) mass is 441 g/mol. The Kier molecular flexibility index (Phi) is 5.28. The molecule has 0 aromatic heterocycles. The Labute approximate surface area is 191 Å².